The number of nitrogens with one attached hydrogen (secondary N) is 1. The number of alkyl halides is 2. The van der Waals surface area contributed by atoms with Crippen LogP contribution >= 0.6 is 23.2 Å². The second-order valence-electron chi connectivity index (χ2n) is 11.0. The maximum absolute atomic E-state index is 13.4. The number of carbonyl (C=O) groups excluding carboxylic acids is 3. The van der Waals surface area contributed by atoms with Crippen molar-refractivity contribution < 1.29 is 60.5 Å². The van der Waals surface area contributed by atoms with E-state index in [2.05, 4.69) is 9.46 Å². The number of hydrogen-bond acceptors (Lipinski definition) is 10. The van der Waals surface area contributed by atoms with Gasteiger partial charge in [-0.15, -0.1) is 0 Å². The number of fused-ring (bicyclic) bond motifs is 1. The Morgan fingerprint density at radius 3 is 2.29 bits per heavy atom. The largest absolute Gasteiger partial charge is 0.495 e. The molecule has 5 rings (SSSR count). The summed E-state index contributed by atoms with van der Waals surface area (Å²) in [4.78, 5) is 40.5. The predicted molar refractivity (Wildman–Crippen MR) is 164 cm³/mol. The number of rotatable bonds is 14. The number of methoxy groups -OCH3 is 1. The first-order chi connectivity index (χ1) is 22.6. The van der Waals surface area contributed by atoms with E-state index in [0.29, 0.717) is 9.63 Å². The summed E-state index contributed by atoms with van der Waals surface area (Å²) in [7, 11) is -2.54. The van der Waals surface area contributed by atoms with Crippen LogP contribution in [0.5, 0.6) is 17.2 Å². The topological polar surface area (TPSA) is 162 Å². The van der Waals surface area contributed by atoms with Gasteiger partial charge in [0.2, 0.25) is 22.4 Å². The van der Waals surface area contributed by atoms with Crippen LogP contribution in [0.15, 0.2) is 42.7 Å². The van der Waals surface area contributed by atoms with Crippen molar-refractivity contribution in [3.63, 3.8) is 0 Å². The third-order valence-electron chi connectivity index (χ3n) is 7.33. The van der Waals surface area contributed by atoms with Gasteiger partial charge >= 0.3 is 12.6 Å². The average molecular weight is 732 g/mol. The van der Waals surface area contributed by atoms with Gasteiger partial charge in [0.15, 0.2) is 11.5 Å². The molecule has 0 unspecified atom stereocenters. The van der Waals surface area contributed by atoms with E-state index < -0.39 is 47.1 Å². The molecule has 3 aromatic rings. The molecule has 1 aliphatic carbocycles. The van der Waals surface area contributed by atoms with Gasteiger partial charge in [-0.05, 0) is 48.6 Å². The lowest BCUT2D eigenvalue weighted by atomic mass is 10.0. The number of esters is 1. The molecule has 0 saturated heterocycles. The quantitative estimate of drug-likeness (QED) is 0.105. The highest BCUT2D eigenvalue weighted by Gasteiger charge is 2.39. The molecule has 18 heteroatoms. The van der Waals surface area contributed by atoms with Crippen molar-refractivity contribution in [2.24, 2.45) is 5.92 Å². The summed E-state index contributed by atoms with van der Waals surface area (Å²) in [5.74, 6) is -2.87. The SMILES string of the molecule is COc1cc2c(cc1NS(C)(=O)=O)C(=O)N(CC(=O)O[C@@H](Cc1c(Cl)c[n+](O)cc1Cl)c1ccc(OC(F)F)c(OCC3CC3)c1)C2=O. The van der Waals surface area contributed by atoms with Crippen molar-refractivity contribution in [3.05, 3.63) is 75.0 Å². The van der Waals surface area contributed by atoms with E-state index in [-0.39, 0.29) is 74.2 Å². The summed E-state index contributed by atoms with van der Waals surface area (Å²) in [6.45, 7) is -3.76. The van der Waals surface area contributed by atoms with Crippen LogP contribution in [0.25, 0.3) is 0 Å². The number of imide groups is 1. The molecule has 0 radical (unpaired) electrons. The Morgan fingerprint density at radius 2 is 1.71 bits per heavy atom. The molecule has 2 N–H and O–H groups in total. The van der Waals surface area contributed by atoms with Gasteiger partial charge in [0.1, 0.15) is 28.4 Å². The Labute approximate surface area is 282 Å². The lowest BCUT2D eigenvalue weighted by Gasteiger charge is -2.22. The van der Waals surface area contributed by atoms with Gasteiger partial charge in [-0.1, -0.05) is 29.3 Å². The number of carbonyl (C=O) groups is 3. The number of anilines is 1. The van der Waals surface area contributed by atoms with Crippen LogP contribution in [0.1, 0.15) is 50.8 Å². The molecule has 2 heterocycles. The van der Waals surface area contributed by atoms with E-state index in [9.17, 15) is 36.8 Å². The maximum atomic E-state index is 13.4. The van der Waals surface area contributed by atoms with Crippen molar-refractivity contribution >= 4 is 56.7 Å². The standard InChI is InChI=1S/C30H27Cl2F2N3O10S/c1-44-25-9-18-17(8-22(25)35-48(2,42)43)28(39)37(29(18)40)13-27(38)46-24(10-19-20(31)11-36(41)12-21(19)32)16-5-6-23(47-30(33)34)26(7-16)45-14-15-3-4-15/h5-9,11-12,15,24,30H,3-4,10,13-14H2,1-2H3,(H-,35,40,41)/p+1/t24-/m0/s1. The van der Waals surface area contributed by atoms with E-state index in [1.807, 2.05) is 0 Å². The van der Waals surface area contributed by atoms with Crippen LogP contribution in [0.3, 0.4) is 0 Å². The minimum absolute atomic E-state index is 0.00159. The number of nitrogens with zero attached hydrogens (tertiary/aromatic N) is 2. The third-order valence-corrected chi connectivity index (χ3v) is 8.57. The van der Waals surface area contributed by atoms with Gasteiger partial charge in [-0.2, -0.15) is 8.78 Å². The number of pyridine rings is 1. The first-order valence-electron chi connectivity index (χ1n) is 14.2. The number of aromatic nitrogens is 1. The fourth-order valence-electron chi connectivity index (χ4n) is 4.90. The predicted octanol–water partition coefficient (Wildman–Crippen LogP) is 4.41. The zero-order valence-electron chi connectivity index (χ0n) is 25.2. The summed E-state index contributed by atoms with van der Waals surface area (Å²) < 4.78 is 74.1. The van der Waals surface area contributed by atoms with Gasteiger partial charge in [0.25, 0.3) is 11.8 Å². The van der Waals surface area contributed by atoms with Crippen molar-refractivity contribution in [2.75, 3.05) is 31.2 Å². The number of halogens is 4. The summed E-state index contributed by atoms with van der Waals surface area (Å²) in [6, 6.07) is 6.25. The molecular formula is C30H28Cl2F2N3O10S+. The third kappa shape index (κ3) is 8.17. The Bertz CT molecular complexity index is 1870. The highest BCUT2D eigenvalue weighted by Crippen LogP contribution is 2.38. The molecule has 256 valence electrons. The Hall–Kier alpha value is -4.41. The fraction of sp³-hybridized carbons (Fsp3) is 0.333. The van der Waals surface area contributed by atoms with E-state index in [1.165, 1.54) is 31.4 Å². The van der Waals surface area contributed by atoms with E-state index in [4.69, 9.17) is 37.4 Å². The second kappa shape index (κ2) is 14.0. The van der Waals surface area contributed by atoms with Crippen molar-refractivity contribution in [1.82, 2.24) is 4.90 Å². The van der Waals surface area contributed by atoms with E-state index >= 15 is 0 Å². The molecule has 0 spiro atoms. The van der Waals surface area contributed by atoms with E-state index in [1.54, 1.807) is 0 Å². The summed E-state index contributed by atoms with van der Waals surface area (Å²) >= 11 is 12.7. The van der Waals surface area contributed by atoms with Gasteiger partial charge < -0.3 is 18.9 Å². The normalized spacial score (nSPS) is 14.9. The zero-order chi connectivity index (χ0) is 34.9. The molecule has 48 heavy (non-hydrogen) atoms. The van der Waals surface area contributed by atoms with Crippen LogP contribution in [0, 0.1) is 5.92 Å². The molecular weight excluding hydrogens is 703 g/mol. The lowest BCUT2D eigenvalue weighted by molar-refractivity contribution is -0.904. The molecule has 2 amide bonds. The fourth-order valence-corrected chi connectivity index (χ4v) is 6.07. The summed E-state index contributed by atoms with van der Waals surface area (Å²) in [5.41, 5.74) is 0.0842. The smallest absolute Gasteiger partial charge is 0.387 e. The number of ether oxygens (including phenoxy) is 4. The number of benzene rings is 2. The summed E-state index contributed by atoms with van der Waals surface area (Å²) in [6.07, 6.45) is 3.59. The number of amides is 2. The zero-order valence-corrected chi connectivity index (χ0v) is 27.6. The number of hydrogen-bond donors (Lipinski definition) is 2. The lowest BCUT2D eigenvalue weighted by Crippen LogP contribution is -2.36. The summed E-state index contributed by atoms with van der Waals surface area (Å²) in [5, 5.41) is 9.81. The highest BCUT2D eigenvalue weighted by atomic mass is 35.5. The van der Waals surface area contributed by atoms with Gasteiger partial charge in [-0.25, -0.2) is 8.42 Å². The molecule has 2 aromatic carbocycles. The van der Waals surface area contributed by atoms with Crippen molar-refractivity contribution in [2.45, 2.75) is 32.0 Å². The van der Waals surface area contributed by atoms with Gasteiger partial charge in [-0.3, -0.25) is 29.2 Å². The first-order valence-corrected chi connectivity index (χ1v) is 16.8. The Balaban J connectivity index is 1.44. The Morgan fingerprint density at radius 1 is 1.06 bits per heavy atom. The van der Waals surface area contributed by atoms with Crippen molar-refractivity contribution in [3.8, 4) is 17.2 Å². The van der Waals surface area contributed by atoms with Crippen LogP contribution in [-0.2, 0) is 26.0 Å². The molecule has 1 saturated carbocycles. The molecule has 1 fully saturated rings. The second-order valence-corrected chi connectivity index (χ2v) is 13.6. The van der Waals surface area contributed by atoms with Crippen LogP contribution in [0.2, 0.25) is 10.0 Å². The molecule has 2 aliphatic rings. The first kappa shape index (κ1) is 34.9. The molecule has 0 bridgehead atoms. The van der Waals surface area contributed by atoms with Crippen molar-refractivity contribution in [1.29, 1.82) is 0 Å². The minimum atomic E-state index is -3.78. The van der Waals surface area contributed by atoms with Crippen LogP contribution < -0.4 is 23.7 Å². The van der Waals surface area contributed by atoms with Crippen LogP contribution in [0.4, 0.5) is 14.5 Å². The monoisotopic (exact) mass is 730 g/mol. The minimum Gasteiger partial charge on any atom is -0.495 e. The molecule has 1 aliphatic heterocycles. The number of sulfonamides is 1. The highest BCUT2D eigenvalue weighted by molar-refractivity contribution is 7.92. The molecule has 1 atom stereocenters. The average Bonchev–Trinajstić information content (AvgIpc) is 3.80. The van der Waals surface area contributed by atoms with E-state index in [0.717, 1.165) is 37.6 Å². The van der Waals surface area contributed by atoms with Gasteiger partial charge in [0, 0.05) is 16.7 Å². The van der Waals surface area contributed by atoms with Crippen LogP contribution in [-0.4, -0.2) is 69.4 Å². The molecule has 1 aromatic heterocycles. The molecule has 13 nitrogen and oxygen atoms in total. The van der Waals surface area contributed by atoms with Gasteiger partial charge in [0.05, 0.1) is 36.8 Å². The maximum Gasteiger partial charge on any atom is 0.387 e. The Kier molecular flexibility index (Phi) is 10.2.